The molecule has 1 aliphatic rings. The van der Waals surface area contributed by atoms with Crippen LogP contribution in [0.3, 0.4) is 0 Å². The fourth-order valence-electron chi connectivity index (χ4n) is 3.81. The highest BCUT2D eigenvalue weighted by molar-refractivity contribution is 6.29. The van der Waals surface area contributed by atoms with Gasteiger partial charge in [-0.1, -0.05) is 41.9 Å². The summed E-state index contributed by atoms with van der Waals surface area (Å²) in [5.41, 5.74) is 0.981. The van der Waals surface area contributed by atoms with Gasteiger partial charge in [0.15, 0.2) is 0 Å². The molecule has 2 aromatic rings. The van der Waals surface area contributed by atoms with Crippen LogP contribution in [-0.4, -0.2) is 41.5 Å². The Morgan fingerprint density at radius 2 is 2.04 bits per heavy atom. The lowest BCUT2D eigenvalue weighted by Crippen LogP contribution is -2.50. The molecule has 0 N–H and O–H groups in total. The summed E-state index contributed by atoms with van der Waals surface area (Å²) in [5.74, 6) is -0.339. The number of likely N-dealkylation sites (tertiary alicyclic amines) is 1. The van der Waals surface area contributed by atoms with Gasteiger partial charge in [0.2, 0.25) is 0 Å². The van der Waals surface area contributed by atoms with Crippen LogP contribution in [0.25, 0.3) is 0 Å². The molecule has 1 amide bonds. The van der Waals surface area contributed by atoms with Crippen molar-refractivity contribution in [3.05, 3.63) is 64.9 Å². The first-order valence-corrected chi connectivity index (χ1v) is 10.0. The maximum atomic E-state index is 13.0. The van der Waals surface area contributed by atoms with Crippen molar-refractivity contribution in [1.82, 2.24) is 9.88 Å². The molecule has 5 nitrogen and oxygen atoms in total. The Kier molecular flexibility index (Phi) is 6.68. The highest BCUT2D eigenvalue weighted by atomic mass is 35.5. The van der Waals surface area contributed by atoms with E-state index in [2.05, 4.69) is 17.1 Å². The molecule has 0 aliphatic carbocycles. The van der Waals surface area contributed by atoms with Gasteiger partial charge < -0.3 is 9.64 Å². The number of ether oxygens (including phenoxy) is 1. The van der Waals surface area contributed by atoms with Crippen molar-refractivity contribution < 1.29 is 14.3 Å². The smallest absolute Gasteiger partial charge is 0.313 e. The van der Waals surface area contributed by atoms with Crippen LogP contribution in [-0.2, 0) is 16.0 Å². The van der Waals surface area contributed by atoms with Crippen molar-refractivity contribution in [3.63, 3.8) is 0 Å². The molecular formula is C22H25ClN2O3. The zero-order valence-corrected chi connectivity index (χ0v) is 16.8. The molecule has 0 saturated carbocycles. The van der Waals surface area contributed by atoms with Crippen molar-refractivity contribution >= 4 is 23.5 Å². The van der Waals surface area contributed by atoms with Gasteiger partial charge in [0.1, 0.15) is 5.15 Å². The maximum Gasteiger partial charge on any atom is 0.313 e. The molecule has 2 heterocycles. The topological polar surface area (TPSA) is 59.5 Å². The first-order valence-electron chi connectivity index (χ1n) is 9.66. The number of amides is 1. The second-order valence-corrected chi connectivity index (χ2v) is 7.57. The molecule has 148 valence electrons. The maximum absolute atomic E-state index is 13.0. The summed E-state index contributed by atoms with van der Waals surface area (Å²) >= 11 is 5.94. The fourth-order valence-corrected chi connectivity index (χ4v) is 3.98. The minimum absolute atomic E-state index is 0.127. The van der Waals surface area contributed by atoms with Gasteiger partial charge in [-0.2, -0.15) is 0 Å². The Balaban J connectivity index is 1.80. The minimum Gasteiger partial charge on any atom is -0.466 e. The Hall–Kier alpha value is -2.40. The lowest BCUT2D eigenvalue weighted by molar-refractivity contribution is -0.159. The Bertz CT molecular complexity index is 828. The number of benzene rings is 1. The van der Waals surface area contributed by atoms with E-state index >= 15 is 0 Å². The third-order valence-electron chi connectivity index (χ3n) is 5.28. The standard InChI is InChI=1S/C22H25ClN2O3/c1-2-28-21(27)22(12-9-17-7-4-3-5-8-17)11-6-14-25(16-22)20(26)18-10-13-24-19(23)15-18/h3-5,7-8,10,13,15H,2,6,9,11-12,14,16H2,1H3. The zero-order valence-electron chi connectivity index (χ0n) is 16.1. The lowest BCUT2D eigenvalue weighted by Gasteiger charge is -2.41. The molecule has 1 fully saturated rings. The van der Waals surface area contributed by atoms with Crippen LogP contribution in [0.1, 0.15) is 42.1 Å². The number of hydrogen-bond donors (Lipinski definition) is 0. The van der Waals surface area contributed by atoms with E-state index in [1.165, 1.54) is 11.8 Å². The third kappa shape index (κ3) is 4.71. The number of carbonyl (C=O) groups excluding carboxylic acids is 2. The monoisotopic (exact) mass is 400 g/mol. The predicted molar refractivity (Wildman–Crippen MR) is 108 cm³/mol. The predicted octanol–water partition coefficient (Wildman–Crippen LogP) is 4.15. The lowest BCUT2D eigenvalue weighted by atomic mass is 9.75. The van der Waals surface area contributed by atoms with Crippen LogP contribution in [0.15, 0.2) is 48.7 Å². The number of rotatable bonds is 6. The summed E-state index contributed by atoms with van der Waals surface area (Å²) in [5, 5.41) is 0.281. The summed E-state index contributed by atoms with van der Waals surface area (Å²) in [6, 6.07) is 13.3. The summed E-state index contributed by atoms with van der Waals surface area (Å²) in [6.07, 6.45) is 4.42. The molecule has 3 rings (SSSR count). The van der Waals surface area contributed by atoms with E-state index in [0.29, 0.717) is 31.7 Å². The number of esters is 1. The minimum atomic E-state index is -0.684. The fraction of sp³-hybridized carbons (Fsp3) is 0.409. The first-order chi connectivity index (χ1) is 13.5. The van der Waals surface area contributed by atoms with E-state index in [-0.39, 0.29) is 17.0 Å². The van der Waals surface area contributed by atoms with Gasteiger partial charge in [-0.15, -0.1) is 0 Å². The molecule has 0 radical (unpaired) electrons. The van der Waals surface area contributed by atoms with Crippen LogP contribution < -0.4 is 0 Å². The highest BCUT2D eigenvalue weighted by Gasteiger charge is 2.44. The average Bonchev–Trinajstić information content (AvgIpc) is 2.73. The third-order valence-corrected chi connectivity index (χ3v) is 5.49. The van der Waals surface area contributed by atoms with Crippen LogP contribution in [0.4, 0.5) is 0 Å². The molecule has 6 heteroatoms. The van der Waals surface area contributed by atoms with E-state index in [1.54, 1.807) is 17.0 Å². The molecule has 1 aliphatic heterocycles. The molecule has 1 aromatic carbocycles. The van der Waals surface area contributed by atoms with Gasteiger partial charge in [-0.3, -0.25) is 9.59 Å². The average molecular weight is 401 g/mol. The van der Waals surface area contributed by atoms with Crippen LogP contribution >= 0.6 is 11.6 Å². The number of aryl methyl sites for hydroxylation is 1. The molecule has 0 spiro atoms. The van der Waals surface area contributed by atoms with Crippen molar-refractivity contribution in [2.45, 2.75) is 32.6 Å². The Morgan fingerprint density at radius 3 is 2.75 bits per heavy atom. The van der Waals surface area contributed by atoms with E-state index in [1.807, 2.05) is 25.1 Å². The number of pyridine rings is 1. The van der Waals surface area contributed by atoms with Crippen molar-refractivity contribution in [1.29, 1.82) is 0 Å². The van der Waals surface area contributed by atoms with E-state index < -0.39 is 5.41 Å². The van der Waals surface area contributed by atoms with E-state index in [9.17, 15) is 9.59 Å². The SMILES string of the molecule is CCOC(=O)C1(CCc2ccccc2)CCCN(C(=O)c2ccnc(Cl)c2)C1. The number of halogens is 1. The summed E-state index contributed by atoms with van der Waals surface area (Å²) in [7, 11) is 0. The van der Waals surface area contributed by atoms with Crippen molar-refractivity contribution in [3.8, 4) is 0 Å². The zero-order chi connectivity index (χ0) is 20.0. The summed E-state index contributed by atoms with van der Waals surface area (Å²) in [4.78, 5) is 31.6. The second-order valence-electron chi connectivity index (χ2n) is 7.18. The molecule has 1 unspecified atom stereocenters. The summed E-state index contributed by atoms with van der Waals surface area (Å²) < 4.78 is 5.42. The van der Waals surface area contributed by atoms with Gasteiger partial charge in [-0.25, -0.2) is 4.98 Å². The van der Waals surface area contributed by atoms with Crippen molar-refractivity contribution in [2.24, 2.45) is 5.41 Å². The van der Waals surface area contributed by atoms with Crippen LogP contribution in [0.2, 0.25) is 5.15 Å². The van der Waals surface area contributed by atoms with Crippen LogP contribution in [0.5, 0.6) is 0 Å². The van der Waals surface area contributed by atoms with Gasteiger partial charge >= 0.3 is 5.97 Å². The quantitative estimate of drug-likeness (QED) is 0.539. The van der Waals surface area contributed by atoms with E-state index in [4.69, 9.17) is 16.3 Å². The second kappa shape index (κ2) is 9.20. The van der Waals surface area contributed by atoms with Gasteiger partial charge in [0.05, 0.1) is 12.0 Å². The van der Waals surface area contributed by atoms with Crippen LogP contribution in [0, 0.1) is 5.41 Å². The van der Waals surface area contributed by atoms with Crippen molar-refractivity contribution in [2.75, 3.05) is 19.7 Å². The van der Waals surface area contributed by atoms with Gasteiger partial charge in [-0.05, 0) is 50.3 Å². The molecule has 1 saturated heterocycles. The number of nitrogens with zero attached hydrogens (tertiary/aromatic N) is 2. The highest BCUT2D eigenvalue weighted by Crippen LogP contribution is 2.37. The largest absolute Gasteiger partial charge is 0.466 e. The number of carbonyl (C=O) groups is 2. The number of hydrogen-bond acceptors (Lipinski definition) is 4. The Morgan fingerprint density at radius 1 is 1.25 bits per heavy atom. The molecule has 28 heavy (non-hydrogen) atoms. The number of aromatic nitrogens is 1. The summed E-state index contributed by atoms with van der Waals surface area (Å²) in [6.45, 7) is 3.12. The number of piperidine rings is 1. The normalized spacial score (nSPS) is 19.3. The Labute approximate surface area is 170 Å². The molecule has 0 bridgehead atoms. The molecule has 1 aromatic heterocycles. The van der Waals surface area contributed by atoms with Gasteiger partial charge in [0, 0.05) is 24.8 Å². The molecule has 1 atom stereocenters. The molecular weight excluding hydrogens is 376 g/mol. The first kappa shape index (κ1) is 20.3. The van der Waals surface area contributed by atoms with Gasteiger partial charge in [0.25, 0.3) is 5.91 Å². The van der Waals surface area contributed by atoms with E-state index in [0.717, 1.165) is 19.3 Å².